The van der Waals surface area contributed by atoms with Gasteiger partial charge < -0.3 is 10.2 Å². The van der Waals surface area contributed by atoms with Gasteiger partial charge in [0.2, 0.25) is 0 Å². The Morgan fingerprint density at radius 3 is 1.89 bits per heavy atom. The van der Waals surface area contributed by atoms with Crippen molar-refractivity contribution in [2.24, 2.45) is 0 Å². The monoisotopic (exact) mass is 144 g/mol. The Morgan fingerprint density at radius 2 is 1.78 bits per heavy atom. The van der Waals surface area contributed by atoms with Gasteiger partial charge in [0.15, 0.2) is 6.17 Å². The van der Waals surface area contributed by atoms with Crippen molar-refractivity contribution in [1.29, 1.82) is 0 Å². The third-order valence-corrected chi connectivity index (χ3v) is 0.829. The topological polar surface area (TPSA) is 40.5 Å². The van der Waals surface area contributed by atoms with Crippen molar-refractivity contribution in [3.8, 4) is 0 Å². The maximum absolute atomic E-state index is 11.8. The zero-order valence-electron chi connectivity index (χ0n) is 4.52. The van der Waals surface area contributed by atoms with E-state index in [4.69, 9.17) is 10.2 Å². The van der Waals surface area contributed by atoms with Crippen LogP contribution in [0.25, 0.3) is 0 Å². The van der Waals surface area contributed by atoms with E-state index in [1.165, 1.54) is 0 Å². The zero-order valence-corrected chi connectivity index (χ0v) is 4.52. The lowest BCUT2D eigenvalue weighted by molar-refractivity contribution is -0.119. The minimum absolute atomic E-state index is 1.27. The lowest BCUT2D eigenvalue weighted by atomic mass is 10.2. The number of alkyl halides is 3. The molecule has 0 saturated heterocycles. The molecule has 2 nitrogen and oxygen atoms in total. The molecule has 0 heterocycles. The molecule has 0 aliphatic heterocycles. The molecule has 0 saturated carbocycles. The number of halogens is 3. The van der Waals surface area contributed by atoms with Crippen molar-refractivity contribution >= 4 is 0 Å². The average Bonchev–Trinajstić information content (AvgIpc) is 1.86. The fraction of sp³-hybridized carbons (Fsp3) is 1.00. The maximum atomic E-state index is 11.8. The summed E-state index contributed by atoms with van der Waals surface area (Å²) in [5.41, 5.74) is 0. The predicted octanol–water partition coefficient (Wildman–Crippen LogP) is -0.0556. The fourth-order valence-corrected chi connectivity index (χ4v) is 0.233. The van der Waals surface area contributed by atoms with E-state index < -0.39 is 25.3 Å². The van der Waals surface area contributed by atoms with Crippen molar-refractivity contribution in [3.05, 3.63) is 0 Å². The standard InChI is InChI=1S/C4H7F3O2/c5-3(1-8)4(6,7)2-9/h3,8-9H,1-2H2. The second kappa shape index (κ2) is 3.03. The van der Waals surface area contributed by atoms with Crippen molar-refractivity contribution in [1.82, 2.24) is 0 Å². The number of aliphatic hydroxyl groups excluding tert-OH is 2. The molecule has 1 unspecified atom stereocenters. The highest BCUT2D eigenvalue weighted by molar-refractivity contribution is 4.74. The number of rotatable bonds is 3. The van der Waals surface area contributed by atoms with Crippen LogP contribution in [0.4, 0.5) is 13.2 Å². The maximum Gasteiger partial charge on any atom is 0.303 e. The highest BCUT2D eigenvalue weighted by atomic mass is 19.3. The first kappa shape index (κ1) is 8.71. The van der Waals surface area contributed by atoms with Gasteiger partial charge in [-0.25, -0.2) is 13.2 Å². The molecule has 2 N–H and O–H groups in total. The summed E-state index contributed by atoms with van der Waals surface area (Å²) in [6, 6.07) is 0. The van der Waals surface area contributed by atoms with E-state index in [1.54, 1.807) is 0 Å². The van der Waals surface area contributed by atoms with E-state index in [-0.39, 0.29) is 0 Å². The van der Waals surface area contributed by atoms with Gasteiger partial charge >= 0.3 is 5.92 Å². The Morgan fingerprint density at radius 1 is 1.33 bits per heavy atom. The Kier molecular flexibility index (Phi) is 2.93. The first-order valence-corrected chi connectivity index (χ1v) is 2.28. The minimum Gasteiger partial charge on any atom is -0.393 e. The normalized spacial score (nSPS) is 15.7. The van der Waals surface area contributed by atoms with Crippen LogP contribution in [0.1, 0.15) is 0 Å². The molecule has 0 spiro atoms. The molecule has 0 bridgehead atoms. The molecule has 0 aliphatic carbocycles. The van der Waals surface area contributed by atoms with Gasteiger partial charge in [0.1, 0.15) is 6.61 Å². The number of hydrogen-bond donors (Lipinski definition) is 2. The molecular weight excluding hydrogens is 137 g/mol. The quantitative estimate of drug-likeness (QED) is 0.582. The summed E-state index contributed by atoms with van der Waals surface area (Å²) in [6.07, 6.45) is -2.66. The van der Waals surface area contributed by atoms with Crippen LogP contribution >= 0.6 is 0 Å². The fourth-order valence-electron chi connectivity index (χ4n) is 0.233. The Labute approximate surface area is 49.9 Å². The largest absolute Gasteiger partial charge is 0.393 e. The molecule has 9 heavy (non-hydrogen) atoms. The van der Waals surface area contributed by atoms with Gasteiger partial charge in [-0.15, -0.1) is 0 Å². The van der Waals surface area contributed by atoms with Crippen molar-refractivity contribution < 1.29 is 23.4 Å². The van der Waals surface area contributed by atoms with E-state index in [2.05, 4.69) is 0 Å². The molecule has 56 valence electrons. The first-order chi connectivity index (χ1) is 4.04. The molecule has 0 aromatic heterocycles. The van der Waals surface area contributed by atoms with Crippen LogP contribution in [0.5, 0.6) is 0 Å². The van der Waals surface area contributed by atoms with Crippen LogP contribution in [0, 0.1) is 0 Å². The van der Waals surface area contributed by atoms with Crippen LogP contribution in [0.15, 0.2) is 0 Å². The molecule has 0 amide bonds. The summed E-state index contributed by atoms with van der Waals surface area (Å²) in [5, 5.41) is 15.6. The van der Waals surface area contributed by atoms with Crippen molar-refractivity contribution in [3.63, 3.8) is 0 Å². The van der Waals surface area contributed by atoms with Crippen molar-refractivity contribution in [2.75, 3.05) is 13.2 Å². The van der Waals surface area contributed by atoms with E-state index in [1.807, 2.05) is 0 Å². The summed E-state index contributed by atoms with van der Waals surface area (Å²) in [7, 11) is 0. The third kappa shape index (κ3) is 2.19. The Balaban J connectivity index is 3.80. The van der Waals surface area contributed by atoms with Gasteiger partial charge in [0, 0.05) is 0 Å². The van der Waals surface area contributed by atoms with E-state index in [9.17, 15) is 13.2 Å². The predicted molar refractivity (Wildman–Crippen MR) is 24.0 cm³/mol. The summed E-state index contributed by atoms with van der Waals surface area (Å²) in [4.78, 5) is 0. The van der Waals surface area contributed by atoms with Gasteiger partial charge in [0.25, 0.3) is 0 Å². The minimum atomic E-state index is -3.81. The molecule has 1 atom stereocenters. The van der Waals surface area contributed by atoms with E-state index in [0.29, 0.717) is 0 Å². The lowest BCUT2D eigenvalue weighted by Crippen LogP contribution is -2.36. The lowest BCUT2D eigenvalue weighted by Gasteiger charge is -2.15. The van der Waals surface area contributed by atoms with Crippen LogP contribution in [0.3, 0.4) is 0 Å². The SMILES string of the molecule is OCC(F)C(F)(F)CO. The molecule has 0 aromatic rings. The molecular formula is C4H7F3O2. The first-order valence-electron chi connectivity index (χ1n) is 2.28. The summed E-state index contributed by atoms with van der Waals surface area (Å²) < 4.78 is 35.3. The van der Waals surface area contributed by atoms with Gasteiger partial charge in [-0.1, -0.05) is 0 Å². The summed E-state index contributed by atoms with van der Waals surface area (Å²) in [5.74, 6) is -3.81. The zero-order chi connectivity index (χ0) is 7.49. The molecule has 0 fully saturated rings. The van der Waals surface area contributed by atoms with Crippen molar-refractivity contribution in [2.45, 2.75) is 12.1 Å². The third-order valence-electron chi connectivity index (χ3n) is 0.829. The second-order valence-electron chi connectivity index (χ2n) is 1.57. The molecule has 5 heteroatoms. The summed E-state index contributed by atoms with van der Waals surface area (Å²) in [6.45, 7) is -2.84. The molecule has 0 radical (unpaired) electrons. The summed E-state index contributed by atoms with van der Waals surface area (Å²) >= 11 is 0. The van der Waals surface area contributed by atoms with Crippen LogP contribution < -0.4 is 0 Å². The average molecular weight is 144 g/mol. The molecule has 0 aromatic carbocycles. The molecule has 0 aliphatic rings. The highest BCUT2D eigenvalue weighted by Gasteiger charge is 2.38. The van der Waals surface area contributed by atoms with Crippen LogP contribution in [0.2, 0.25) is 0 Å². The Hall–Kier alpha value is -0.290. The number of hydrogen-bond acceptors (Lipinski definition) is 2. The van der Waals surface area contributed by atoms with Gasteiger partial charge in [-0.3, -0.25) is 0 Å². The Bertz CT molecular complexity index is 85.9. The van der Waals surface area contributed by atoms with Gasteiger partial charge in [-0.2, -0.15) is 0 Å². The van der Waals surface area contributed by atoms with E-state index in [0.717, 1.165) is 0 Å². The van der Waals surface area contributed by atoms with Gasteiger partial charge in [-0.05, 0) is 0 Å². The second-order valence-corrected chi connectivity index (χ2v) is 1.57. The highest BCUT2D eigenvalue weighted by Crippen LogP contribution is 2.19. The van der Waals surface area contributed by atoms with Crippen LogP contribution in [-0.4, -0.2) is 35.5 Å². The van der Waals surface area contributed by atoms with E-state index >= 15 is 0 Å². The van der Waals surface area contributed by atoms with Crippen LogP contribution in [-0.2, 0) is 0 Å². The number of aliphatic hydroxyl groups is 2. The van der Waals surface area contributed by atoms with Gasteiger partial charge in [0.05, 0.1) is 6.61 Å². The smallest absolute Gasteiger partial charge is 0.303 e. The molecule has 0 rings (SSSR count).